The highest BCUT2D eigenvalue weighted by Crippen LogP contribution is 2.26. The maximum absolute atomic E-state index is 12.0. The van der Waals surface area contributed by atoms with Gasteiger partial charge in [0, 0.05) is 24.7 Å². The van der Waals surface area contributed by atoms with Gasteiger partial charge in [-0.15, -0.1) is 0 Å². The molecule has 19 heavy (non-hydrogen) atoms. The normalized spacial score (nSPS) is 16.6. The van der Waals surface area contributed by atoms with Crippen molar-refractivity contribution in [2.75, 3.05) is 38.2 Å². The number of benzene rings is 1. The minimum atomic E-state index is 0.0165. The third-order valence-corrected chi connectivity index (χ3v) is 3.98. The van der Waals surface area contributed by atoms with Crippen LogP contribution in [0.3, 0.4) is 0 Å². The first-order valence-corrected chi connectivity index (χ1v) is 7.03. The summed E-state index contributed by atoms with van der Waals surface area (Å²) < 4.78 is 10.4. The van der Waals surface area contributed by atoms with Crippen LogP contribution in [0.5, 0.6) is 0 Å². The van der Waals surface area contributed by atoms with Crippen LogP contribution < -0.4 is 5.32 Å². The van der Waals surface area contributed by atoms with Gasteiger partial charge in [-0.3, -0.25) is 9.69 Å². The lowest BCUT2D eigenvalue weighted by molar-refractivity contribution is -0.118. The highest BCUT2D eigenvalue weighted by atomic mass is 32.1. The minimum Gasteiger partial charge on any atom is -0.379 e. The molecule has 3 rings (SSSR count). The van der Waals surface area contributed by atoms with Crippen molar-refractivity contribution in [1.29, 1.82) is 0 Å². The standard InChI is InChI=1S/C13H15N3O2S/c17-12(9-16-4-6-18-7-5-16)15-11-3-1-2-10-8-14-19-13(10)11/h1-3,8H,4-7,9H2,(H,15,17). The van der Waals surface area contributed by atoms with E-state index in [1.54, 1.807) is 0 Å². The van der Waals surface area contributed by atoms with Crippen LogP contribution in [0.25, 0.3) is 10.1 Å². The number of rotatable bonds is 3. The minimum absolute atomic E-state index is 0.0165. The van der Waals surface area contributed by atoms with E-state index in [1.807, 2.05) is 24.4 Å². The Morgan fingerprint density at radius 2 is 2.26 bits per heavy atom. The predicted molar refractivity (Wildman–Crippen MR) is 75.5 cm³/mol. The highest BCUT2D eigenvalue weighted by molar-refractivity contribution is 7.14. The van der Waals surface area contributed by atoms with E-state index in [0.29, 0.717) is 19.8 Å². The van der Waals surface area contributed by atoms with Gasteiger partial charge < -0.3 is 10.1 Å². The van der Waals surface area contributed by atoms with Crippen LogP contribution in [-0.2, 0) is 9.53 Å². The summed E-state index contributed by atoms with van der Waals surface area (Å²) in [5.41, 5.74) is 0.846. The van der Waals surface area contributed by atoms with Crippen molar-refractivity contribution in [3.05, 3.63) is 24.4 Å². The van der Waals surface area contributed by atoms with Gasteiger partial charge in [-0.25, -0.2) is 0 Å². The summed E-state index contributed by atoms with van der Waals surface area (Å²) in [5, 5.41) is 4.03. The number of hydrogen-bond donors (Lipinski definition) is 1. The van der Waals surface area contributed by atoms with Crippen LogP contribution in [0, 0.1) is 0 Å². The summed E-state index contributed by atoms with van der Waals surface area (Å²) >= 11 is 1.40. The average molecular weight is 277 g/mol. The van der Waals surface area contributed by atoms with Crippen molar-refractivity contribution in [3.8, 4) is 0 Å². The maximum Gasteiger partial charge on any atom is 0.238 e. The number of morpholine rings is 1. The quantitative estimate of drug-likeness (QED) is 0.925. The molecule has 1 amide bonds. The number of anilines is 1. The molecular formula is C13H15N3O2S. The number of fused-ring (bicyclic) bond motifs is 1. The first kappa shape index (κ1) is 12.5. The topological polar surface area (TPSA) is 54.5 Å². The summed E-state index contributed by atoms with van der Waals surface area (Å²) in [4.78, 5) is 14.1. The van der Waals surface area contributed by atoms with Crippen molar-refractivity contribution >= 4 is 33.2 Å². The van der Waals surface area contributed by atoms with Crippen molar-refractivity contribution in [2.45, 2.75) is 0 Å². The van der Waals surface area contributed by atoms with Crippen LogP contribution >= 0.6 is 11.5 Å². The zero-order chi connectivity index (χ0) is 13.1. The molecule has 0 saturated carbocycles. The van der Waals surface area contributed by atoms with E-state index in [1.165, 1.54) is 11.5 Å². The molecule has 6 heteroatoms. The lowest BCUT2D eigenvalue weighted by Gasteiger charge is -2.25. The molecule has 100 valence electrons. The van der Waals surface area contributed by atoms with Crippen molar-refractivity contribution < 1.29 is 9.53 Å². The number of carbonyl (C=O) groups excluding carboxylic acids is 1. The first-order valence-electron chi connectivity index (χ1n) is 6.26. The Morgan fingerprint density at radius 3 is 3.11 bits per heavy atom. The van der Waals surface area contributed by atoms with E-state index >= 15 is 0 Å². The van der Waals surface area contributed by atoms with Crippen LogP contribution in [-0.4, -0.2) is 48.0 Å². The Kier molecular flexibility index (Phi) is 3.72. The number of aromatic nitrogens is 1. The smallest absolute Gasteiger partial charge is 0.238 e. The van der Waals surface area contributed by atoms with E-state index in [9.17, 15) is 4.79 Å². The van der Waals surface area contributed by atoms with Crippen LogP contribution in [0.1, 0.15) is 0 Å². The van der Waals surface area contributed by atoms with E-state index in [0.717, 1.165) is 28.9 Å². The molecule has 1 saturated heterocycles. The molecule has 0 aliphatic carbocycles. The highest BCUT2D eigenvalue weighted by Gasteiger charge is 2.15. The molecule has 5 nitrogen and oxygen atoms in total. The largest absolute Gasteiger partial charge is 0.379 e. The van der Waals surface area contributed by atoms with E-state index in [4.69, 9.17) is 4.74 Å². The fraction of sp³-hybridized carbons (Fsp3) is 0.385. The number of nitrogens with zero attached hydrogens (tertiary/aromatic N) is 2. The van der Waals surface area contributed by atoms with Gasteiger partial charge in [-0.2, -0.15) is 4.37 Å². The summed E-state index contributed by atoms with van der Waals surface area (Å²) in [6, 6.07) is 5.84. The van der Waals surface area contributed by atoms with Crippen molar-refractivity contribution in [2.24, 2.45) is 0 Å². The fourth-order valence-electron chi connectivity index (χ4n) is 2.14. The average Bonchev–Trinajstić information content (AvgIpc) is 2.89. The van der Waals surface area contributed by atoms with Gasteiger partial charge in [0.05, 0.1) is 30.1 Å². The molecule has 0 atom stereocenters. The Morgan fingerprint density at radius 1 is 1.42 bits per heavy atom. The van der Waals surface area contributed by atoms with Gasteiger partial charge in [0.15, 0.2) is 0 Å². The molecule has 1 aliphatic heterocycles. The molecule has 1 fully saturated rings. The molecule has 2 heterocycles. The number of ether oxygens (including phenoxy) is 1. The molecule has 0 unspecified atom stereocenters. The molecule has 0 radical (unpaired) electrons. The Bertz CT molecular complexity index is 578. The number of carbonyl (C=O) groups is 1. The van der Waals surface area contributed by atoms with Gasteiger partial charge in [-0.05, 0) is 17.6 Å². The lowest BCUT2D eigenvalue weighted by atomic mass is 10.2. The van der Waals surface area contributed by atoms with Crippen LogP contribution in [0.2, 0.25) is 0 Å². The Hall–Kier alpha value is -1.50. The van der Waals surface area contributed by atoms with E-state index in [-0.39, 0.29) is 5.91 Å². The number of hydrogen-bond acceptors (Lipinski definition) is 5. The van der Waals surface area contributed by atoms with Crippen molar-refractivity contribution in [3.63, 3.8) is 0 Å². The Balaban J connectivity index is 1.67. The summed E-state index contributed by atoms with van der Waals surface area (Å²) in [6.45, 7) is 3.46. The fourth-order valence-corrected chi connectivity index (χ4v) is 2.86. The molecule has 1 aliphatic rings. The number of amides is 1. The van der Waals surface area contributed by atoms with Crippen LogP contribution in [0.15, 0.2) is 24.4 Å². The maximum atomic E-state index is 12.0. The lowest BCUT2D eigenvalue weighted by Crippen LogP contribution is -2.41. The molecule has 0 bridgehead atoms. The monoisotopic (exact) mass is 277 g/mol. The van der Waals surface area contributed by atoms with Gasteiger partial charge in [0.25, 0.3) is 0 Å². The second-order valence-corrected chi connectivity index (χ2v) is 5.29. The SMILES string of the molecule is O=C(CN1CCOCC1)Nc1cccc2cnsc12. The first-order chi connectivity index (χ1) is 9.33. The van der Waals surface area contributed by atoms with Crippen molar-refractivity contribution in [1.82, 2.24) is 9.27 Å². The zero-order valence-electron chi connectivity index (χ0n) is 10.5. The molecule has 0 spiro atoms. The summed E-state index contributed by atoms with van der Waals surface area (Å²) in [5.74, 6) is 0.0165. The second kappa shape index (κ2) is 5.64. The van der Waals surface area contributed by atoms with Gasteiger partial charge in [0.2, 0.25) is 5.91 Å². The molecule has 1 aromatic carbocycles. The van der Waals surface area contributed by atoms with Crippen LogP contribution in [0.4, 0.5) is 5.69 Å². The number of nitrogens with one attached hydrogen (secondary N) is 1. The predicted octanol–water partition coefficient (Wildman–Crippen LogP) is 1.57. The molecule has 1 aromatic heterocycles. The third-order valence-electron chi connectivity index (χ3n) is 3.13. The second-order valence-electron chi connectivity index (χ2n) is 4.49. The van der Waals surface area contributed by atoms with Gasteiger partial charge >= 0.3 is 0 Å². The Labute approximate surface area is 115 Å². The van der Waals surface area contributed by atoms with Gasteiger partial charge in [-0.1, -0.05) is 12.1 Å². The van der Waals surface area contributed by atoms with Gasteiger partial charge in [0.1, 0.15) is 0 Å². The summed E-state index contributed by atoms with van der Waals surface area (Å²) in [7, 11) is 0. The van der Waals surface area contributed by atoms with E-state index in [2.05, 4.69) is 14.6 Å². The molecule has 1 N–H and O–H groups in total. The molecule has 2 aromatic rings. The third kappa shape index (κ3) is 2.91. The molecular weight excluding hydrogens is 262 g/mol. The zero-order valence-corrected chi connectivity index (χ0v) is 11.3. The summed E-state index contributed by atoms with van der Waals surface area (Å²) in [6.07, 6.45) is 1.82. The van der Waals surface area contributed by atoms with E-state index < -0.39 is 0 Å².